The van der Waals surface area contributed by atoms with Crippen molar-refractivity contribution >= 4 is 16.7 Å². The molecule has 2 fully saturated rings. The van der Waals surface area contributed by atoms with Gasteiger partial charge in [-0.3, -0.25) is 9.78 Å². The number of aliphatic hydroxyl groups is 1. The van der Waals surface area contributed by atoms with Gasteiger partial charge in [0.25, 0.3) is 5.91 Å². The first-order chi connectivity index (χ1) is 13.2. The lowest BCUT2D eigenvalue weighted by Crippen LogP contribution is -2.36. The molecule has 5 rings (SSSR count). The molecule has 1 aliphatic carbocycles. The van der Waals surface area contributed by atoms with E-state index in [0.717, 1.165) is 17.2 Å². The molecular weight excluding hydrogens is 342 g/mol. The van der Waals surface area contributed by atoms with E-state index >= 15 is 0 Å². The molecule has 7 heteroatoms. The fourth-order valence-corrected chi connectivity index (χ4v) is 4.61. The summed E-state index contributed by atoms with van der Waals surface area (Å²) in [6.45, 7) is 1.38. The van der Waals surface area contributed by atoms with Crippen LogP contribution in [0, 0.1) is 11.8 Å². The fraction of sp³-hybridized carbons (Fsp3) is 0.400. The predicted octanol–water partition coefficient (Wildman–Crippen LogP) is 1.91. The number of aromatic nitrogens is 4. The number of rotatable bonds is 2. The van der Waals surface area contributed by atoms with Crippen molar-refractivity contribution in [2.45, 2.75) is 25.0 Å². The normalized spacial score (nSPS) is 27.7. The highest BCUT2D eigenvalue weighted by Crippen LogP contribution is 2.41. The van der Waals surface area contributed by atoms with Crippen molar-refractivity contribution in [3.8, 4) is 0 Å². The molecule has 1 aromatic carbocycles. The standard InChI is InChI=1S/C20H21N5O2/c26-19-7-16-10-24(9-15(16)6-18(19)25-12-21-11-23-25)20(27)17-5-13-3-1-2-4-14(13)8-22-17/h1-5,8,11-12,15-16,18-19,26H,6-7,9-10H2/t15-,16+,18-,19-/m1/s1. The van der Waals surface area contributed by atoms with Crippen molar-refractivity contribution in [2.75, 3.05) is 13.1 Å². The molecule has 3 heterocycles. The van der Waals surface area contributed by atoms with Gasteiger partial charge in [-0.25, -0.2) is 9.67 Å². The molecule has 2 aromatic heterocycles. The zero-order chi connectivity index (χ0) is 18.4. The number of likely N-dealkylation sites (tertiary alicyclic amines) is 1. The lowest BCUT2D eigenvalue weighted by Gasteiger charge is -2.34. The third-order valence-electron chi connectivity index (χ3n) is 6.02. The van der Waals surface area contributed by atoms with Crippen molar-refractivity contribution in [1.82, 2.24) is 24.6 Å². The SMILES string of the molecule is O=C(c1cc2ccccc2cn1)N1C[C@H]2C[C@@H](n3cncn3)[C@H](O)C[C@H]2C1. The Bertz CT molecular complexity index is 973. The van der Waals surface area contributed by atoms with Gasteiger partial charge in [-0.1, -0.05) is 24.3 Å². The molecule has 138 valence electrons. The van der Waals surface area contributed by atoms with Crippen molar-refractivity contribution < 1.29 is 9.90 Å². The smallest absolute Gasteiger partial charge is 0.272 e. The van der Waals surface area contributed by atoms with Gasteiger partial charge in [0.2, 0.25) is 0 Å². The summed E-state index contributed by atoms with van der Waals surface area (Å²) < 4.78 is 1.75. The monoisotopic (exact) mass is 363 g/mol. The van der Waals surface area contributed by atoms with Crippen molar-refractivity contribution in [3.63, 3.8) is 0 Å². The van der Waals surface area contributed by atoms with Crippen LogP contribution in [-0.2, 0) is 0 Å². The van der Waals surface area contributed by atoms with Gasteiger partial charge >= 0.3 is 0 Å². The summed E-state index contributed by atoms with van der Waals surface area (Å²) in [5.74, 6) is 0.665. The van der Waals surface area contributed by atoms with Crippen LogP contribution in [0.15, 0.2) is 49.2 Å². The third-order valence-corrected chi connectivity index (χ3v) is 6.02. The van der Waals surface area contributed by atoms with Crippen LogP contribution in [-0.4, -0.2) is 54.9 Å². The Balaban J connectivity index is 1.34. The van der Waals surface area contributed by atoms with E-state index in [9.17, 15) is 9.90 Å². The lowest BCUT2D eigenvalue weighted by molar-refractivity contribution is 0.0304. The second kappa shape index (κ2) is 6.42. The van der Waals surface area contributed by atoms with E-state index < -0.39 is 6.10 Å². The highest BCUT2D eigenvalue weighted by molar-refractivity contribution is 5.96. The Hall–Kier alpha value is -2.80. The van der Waals surface area contributed by atoms with Crippen LogP contribution in [0.4, 0.5) is 0 Å². The van der Waals surface area contributed by atoms with Gasteiger partial charge in [0.1, 0.15) is 18.3 Å². The number of benzene rings is 1. The van der Waals surface area contributed by atoms with Crippen molar-refractivity contribution in [2.24, 2.45) is 11.8 Å². The van der Waals surface area contributed by atoms with E-state index in [1.165, 1.54) is 6.33 Å². The minimum absolute atomic E-state index is 0.0260. The Morgan fingerprint density at radius 3 is 2.67 bits per heavy atom. The molecule has 4 atom stereocenters. The van der Waals surface area contributed by atoms with Gasteiger partial charge < -0.3 is 10.0 Å². The maximum absolute atomic E-state index is 13.0. The minimum atomic E-state index is -0.457. The summed E-state index contributed by atoms with van der Waals surface area (Å²) in [5.41, 5.74) is 0.487. The lowest BCUT2D eigenvalue weighted by atomic mass is 9.77. The van der Waals surface area contributed by atoms with Crippen LogP contribution < -0.4 is 0 Å². The second-order valence-electron chi connectivity index (χ2n) is 7.63. The highest BCUT2D eigenvalue weighted by atomic mass is 16.3. The summed E-state index contributed by atoms with van der Waals surface area (Å²) in [6, 6.07) is 9.72. The third kappa shape index (κ3) is 2.88. The van der Waals surface area contributed by atoms with Crippen LogP contribution in [0.25, 0.3) is 10.8 Å². The average molecular weight is 363 g/mol. The number of hydrogen-bond acceptors (Lipinski definition) is 5. The molecule has 1 N–H and O–H groups in total. The summed E-state index contributed by atoms with van der Waals surface area (Å²) in [6.07, 6.45) is 5.95. The largest absolute Gasteiger partial charge is 0.391 e. The number of pyridine rings is 1. The Kier molecular flexibility index (Phi) is 3.89. The Morgan fingerprint density at radius 2 is 1.89 bits per heavy atom. The molecule has 0 unspecified atom stereocenters. The summed E-state index contributed by atoms with van der Waals surface area (Å²) in [7, 11) is 0. The van der Waals surface area contributed by atoms with E-state index in [2.05, 4.69) is 15.1 Å². The Labute approximate surface area is 156 Å². The fourth-order valence-electron chi connectivity index (χ4n) is 4.61. The van der Waals surface area contributed by atoms with E-state index in [1.807, 2.05) is 35.2 Å². The number of aliphatic hydroxyl groups excluding tert-OH is 1. The molecule has 1 amide bonds. The van der Waals surface area contributed by atoms with E-state index in [4.69, 9.17) is 0 Å². The van der Waals surface area contributed by atoms with Crippen LogP contribution in [0.2, 0.25) is 0 Å². The molecule has 0 radical (unpaired) electrons. The van der Waals surface area contributed by atoms with Gasteiger partial charge in [0.15, 0.2) is 0 Å². The van der Waals surface area contributed by atoms with Crippen LogP contribution in [0.3, 0.4) is 0 Å². The maximum Gasteiger partial charge on any atom is 0.272 e. The van der Waals surface area contributed by atoms with Crippen LogP contribution in [0.1, 0.15) is 29.4 Å². The van der Waals surface area contributed by atoms with Gasteiger partial charge in [-0.15, -0.1) is 0 Å². The van der Waals surface area contributed by atoms with Crippen LogP contribution >= 0.6 is 0 Å². The molecule has 1 saturated carbocycles. The van der Waals surface area contributed by atoms with Crippen molar-refractivity contribution in [3.05, 3.63) is 54.9 Å². The molecule has 2 aliphatic rings. The average Bonchev–Trinajstić information content (AvgIpc) is 3.35. The first-order valence-electron chi connectivity index (χ1n) is 9.35. The molecule has 1 aliphatic heterocycles. The number of hydrogen-bond donors (Lipinski definition) is 1. The number of carbonyl (C=O) groups is 1. The summed E-state index contributed by atoms with van der Waals surface area (Å²) in [4.78, 5) is 23.3. The van der Waals surface area contributed by atoms with Gasteiger partial charge in [-0.05, 0) is 36.1 Å². The number of nitrogens with zero attached hydrogens (tertiary/aromatic N) is 5. The number of amides is 1. The topological polar surface area (TPSA) is 84.1 Å². The first kappa shape index (κ1) is 16.4. The van der Waals surface area contributed by atoms with Gasteiger partial charge in [0, 0.05) is 24.7 Å². The van der Waals surface area contributed by atoms with E-state index in [-0.39, 0.29) is 11.9 Å². The maximum atomic E-state index is 13.0. The quantitative estimate of drug-likeness (QED) is 0.752. The second-order valence-corrected chi connectivity index (χ2v) is 7.63. The molecule has 1 saturated heterocycles. The number of fused-ring (bicyclic) bond motifs is 2. The first-order valence-corrected chi connectivity index (χ1v) is 9.35. The van der Waals surface area contributed by atoms with Crippen LogP contribution in [0.5, 0.6) is 0 Å². The molecule has 7 nitrogen and oxygen atoms in total. The highest BCUT2D eigenvalue weighted by Gasteiger charge is 2.44. The van der Waals surface area contributed by atoms with E-state index in [0.29, 0.717) is 37.0 Å². The van der Waals surface area contributed by atoms with Gasteiger partial charge in [0.05, 0.1) is 12.1 Å². The van der Waals surface area contributed by atoms with E-state index in [1.54, 1.807) is 17.2 Å². The van der Waals surface area contributed by atoms with Crippen molar-refractivity contribution in [1.29, 1.82) is 0 Å². The molecular formula is C20H21N5O2. The minimum Gasteiger partial charge on any atom is -0.391 e. The summed E-state index contributed by atoms with van der Waals surface area (Å²) in [5, 5.41) is 16.8. The Morgan fingerprint density at radius 1 is 1.11 bits per heavy atom. The van der Waals surface area contributed by atoms with Gasteiger partial charge in [-0.2, -0.15) is 5.10 Å². The zero-order valence-corrected chi connectivity index (χ0v) is 14.8. The predicted molar refractivity (Wildman–Crippen MR) is 98.9 cm³/mol. The molecule has 0 spiro atoms. The zero-order valence-electron chi connectivity index (χ0n) is 14.8. The molecule has 27 heavy (non-hydrogen) atoms. The molecule has 0 bridgehead atoms. The summed E-state index contributed by atoms with van der Waals surface area (Å²) >= 11 is 0. The number of carbonyl (C=O) groups excluding carboxylic acids is 1. The molecule has 3 aromatic rings.